The average Bonchev–Trinajstić information content (AvgIpc) is 3.62. The van der Waals surface area contributed by atoms with Crippen molar-refractivity contribution in [3.63, 3.8) is 0 Å². The van der Waals surface area contributed by atoms with Crippen LogP contribution in [0.5, 0.6) is 0 Å². The van der Waals surface area contributed by atoms with E-state index in [0.29, 0.717) is 12.8 Å². The van der Waals surface area contributed by atoms with Crippen molar-refractivity contribution >= 4 is 66.6 Å². The number of hydrazine groups is 1. The van der Waals surface area contributed by atoms with Crippen molar-refractivity contribution in [3.8, 4) is 0 Å². The van der Waals surface area contributed by atoms with E-state index in [9.17, 15) is 9.59 Å². The van der Waals surface area contributed by atoms with E-state index in [0.717, 1.165) is 22.5 Å². The monoisotopic (exact) mass is 488 g/mol. The molecule has 2 aliphatic rings. The number of fused-ring (bicyclic) bond motifs is 3. The maximum absolute atomic E-state index is 12.3. The van der Waals surface area contributed by atoms with Gasteiger partial charge in [0.25, 0.3) is 11.8 Å². The molecule has 0 unspecified atom stereocenters. The molecule has 0 spiro atoms. The summed E-state index contributed by atoms with van der Waals surface area (Å²) in [6.45, 7) is 0. The Kier molecular flexibility index (Phi) is 6.35. The zero-order valence-electron chi connectivity index (χ0n) is 17.6. The van der Waals surface area contributed by atoms with Crippen LogP contribution in [-0.2, 0) is 22.4 Å². The Hall–Kier alpha value is -3.26. The molecule has 2 aromatic carbocycles. The van der Waals surface area contributed by atoms with E-state index in [2.05, 4.69) is 22.9 Å². The summed E-state index contributed by atoms with van der Waals surface area (Å²) in [6.07, 6.45) is 0.699. The van der Waals surface area contributed by atoms with Crippen LogP contribution in [0.1, 0.15) is 11.1 Å². The van der Waals surface area contributed by atoms with Crippen LogP contribution in [0, 0.1) is 0 Å². The van der Waals surface area contributed by atoms with Gasteiger partial charge in [-0.2, -0.15) is 11.3 Å². The number of thiophene rings is 3. The van der Waals surface area contributed by atoms with Gasteiger partial charge >= 0.3 is 0 Å². The van der Waals surface area contributed by atoms with Gasteiger partial charge in [0, 0.05) is 9.40 Å². The molecule has 0 N–H and O–H groups in total. The zero-order chi connectivity index (χ0) is 22.6. The molecule has 0 saturated carbocycles. The standard InChI is InChI=1S/C16H12N2O2.C6H4S2.C4H4S/c19-15-9-11-5-1-3-7-13(11)17(15)18-14-8-4-2-6-12(14)10-16(18)20;1-3-7-6-2-4-8-5(1)6;1-2-4-5-3-1/h1-8H,9-10H2;1-4H;1-4H. The number of hydrogen-bond acceptors (Lipinski definition) is 5. The summed E-state index contributed by atoms with van der Waals surface area (Å²) >= 11 is 5.32. The zero-order valence-corrected chi connectivity index (χ0v) is 20.0. The van der Waals surface area contributed by atoms with Gasteiger partial charge in [-0.15, -0.1) is 22.7 Å². The lowest BCUT2D eigenvalue weighted by Crippen LogP contribution is -2.47. The quantitative estimate of drug-likeness (QED) is 0.261. The number of amides is 2. The predicted octanol–water partition coefficient (Wildman–Crippen LogP) is 6.79. The molecule has 7 heteroatoms. The third-order valence-electron chi connectivity index (χ3n) is 5.29. The number of carbonyl (C=O) groups excluding carboxylic acids is 2. The van der Waals surface area contributed by atoms with E-state index >= 15 is 0 Å². The van der Waals surface area contributed by atoms with Crippen molar-refractivity contribution in [3.05, 3.63) is 105 Å². The molecule has 33 heavy (non-hydrogen) atoms. The smallest absolute Gasteiger partial charge is 0.250 e. The first kappa shape index (κ1) is 21.6. The number of rotatable bonds is 1. The van der Waals surface area contributed by atoms with Crippen molar-refractivity contribution in [1.82, 2.24) is 0 Å². The normalized spacial score (nSPS) is 13.8. The molecule has 7 rings (SSSR count). The first-order valence-corrected chi connectivity index (χ1v) is 13.1. The second-order valence-electron chi connectivity index (χ2n) is 7.38. The van der Waals surface area contributed by atoms with Crippen LogP contribution in [0.4, 0.5) is 11.4 Å². The van der Waals surface area contributed by atoms with E-state index in [-0.39, 0.29) is 11.8 Å². The van der Waals surface area contributed by atoms with Crippen LogP contribution >= 0.6 is 34.0 Å². The topological polar surface area (TPSA) is 40.6 Å². The lowest BCUT2D eigenvalue weighted by molar-refractivity contribution is -0.122. The molecule has 5 aromatic rings. The molecule has 0 bridgehead atoms. The highest BCUT2D eigenvalue weighted by Crippen LogP contribution is 2.37. The Labute approximate surface area is 203 Å². The fourth-order valence-electron chi connectivity index (χ4n) is 3.84. The molecule has 2 amide bonds. The van der Waals surface area contributed by atoms with Crippen molar-refractivity contribution < 1.29 is 9.59 Å². The molecular weight excluding hydrogens is 468 g/mol. The van der Waals surface area contributed by atoms with Gasteiger partial charge in [-0.25, -0.2) is 10.0 Å². The van der Waals surface area contributed by atoms with Gasteiger partial charge in [0.15, 0.2) is 0 Å². The minimum atomic E-state index is -0.0590. The summed E-state index contributed by atoms with van der Waals surface area (Å²) in [5.74, 6) is -0.118. The van der Waals surface area contributed by atoms with E-state index in [1.165, 1.54) is 19.4 Å². The Morgan fingerprint density at radius 3 is 1.42 bits per heavy atom. The molecule has 0 aliphatic carbocycles. The van der Waals surface area contributed by atoms with Crippen LogP contribution in [0.15, 0.2) is 94.3 Å². The number of anilines is 2. The molecule has 5 heterocycles. The average molecular weight is 489 g/mol. The van der Waals surface area contributed by atoms with Gasteiger partial charge < -0.3 is 0 Å². The van der Waals surface area contributed by atoms with Crippen molar-refractivity contribution in [1.29, 1.82) is 0 Å². The highest BCUT2D eigenvalue weighted by molar-refractivity contribution is 7.25. The third kappa shape index (κ3) is 4.48. The van der Waals surface area contributed by atoms with E-state index < -0.39 is 0 Å². The molecule has 0 saturated heterocycles. The summed E-state index contributed by atoms with van der Waals surface area (Å²) in [5, 5.41) is 11.4. The minimum Gasteiger partial charge on any atom is -0.272 e. The third-order valence-corrected chi connectivity index (χ3v) is 7.81. The van der Waals surface area contributed by atoms with Gasteiger partial charge in [0.05, 0.1) is 24.2 Å². The Bertz CT molecular complexity index is 1260. The second-order valence-corrected chi connectivity index (χ2v) is 10.1. The second kappa shape index (κ2) is 9.70. The number of nitrogens with zero attached hydrogens (tertiary/aromatic N) is 2. The predicted molar refractivity (Wildman–Crippen MR) is 139 cm³/mol. The molecular formula is C26H20N2O2S3. The van der Waals surface area contributed by atoms with Crippen LogP contribution in [0.2, 0.25) is 0 Å². The van der Waals surface area contributed by atoms with Gasteiger partial charge in [-0.3, -0.25) is 9.59 Å². The highest BCUT2D eigenvalue weighted by Gasteiger charge is 2.39. The molecule has 3 aromatic heterocycles. The fraction of sp³-hybridized carbons (Fsp3) is 0.0769. The van der Waals surface area contributed by atoms with Crippen molar-refractivity contribution in [2.75, 3.05) is 10.0 Å². The first-order valence-electron chi connectivity index (χ1n) is 10.4. The summed E-state index contributed by atoms with van der Waals surface area (Å²) in [5.41, 5.74) is 3.55. The highest BCUT2D eigenvalue weighted by atomic mass is 32.1. The van der Waals surface area contributed by atoms with E-state index in [4.69, 9.17) is 0 Å². The van der Waals surface area contributed by atoms with Crippen LogP contribution in [-0.4, -0.2) is 11.8 Å². The number of hydrogen-bond donors (Lipinski definition) is 0. The lowest BCUT2D eigenvalue weighted by atomic mass is 10.2. The summed E-state index contributed by atoms with van der Waals surface area (Å²) in [7, 11) is 0. The van der Waals surface area contributed by atoms with Gasteiger partial charge in [-0.1, -0.05) is 48.5 Å². The van der Waals surface area contributed by atoms with Gasteiger partial charge in [0.2, 0.25) is 0 Å². The van der Waals surface area contributed by atoms with Crippen molar-refractivity contribution in [2.45, 2.75) is 12.8 Å². The maximum atomic E-state index is 12.3. The van der Waals surface area contributed by atoms with Crippen molar-refractivity contribution in [2.24, 2.45) is 0 Å². The summed E-state index contributed by atoms with van der Waals surface area (Å²) < 4.78 is 2.82. The maximum Gasteiger partial charge on any atom is 0.250 e. The number of benzene rings is 2. The fourth-order valence-corrected chi connectivity index (χ4v) is 6.12. The summed E-state index contributed by atoms with van der Waals surface area (Å²) in [4.78, 5) is 24.6. The van der Waals surface area contributed by atoms with Gasteiger partial charge in [0.1, 0.15) is 0 Å². The Balaban J connectivity index is 0.000000142. The molecule has 4 nitrogen and oxygen atoms in total. The Morgan fingerprint density at radius 2 is 1.00 bits per heavy atom. The minimum absolute atomic E-state index is 0.0590. The lowest BCUT2D eigenvalue weighted by Gasteiger charge is -2.28. The number of para-hydroxylation sites is 2. The number of carbonyl (C=O) groups is 2. The SMILES string of the molecule is O=C1Cc2ccccc2N1N1C(=O)Cc2ccccc21.c1cc2sccc2s1.c1ccsc1. The van der Waals surface area contributed by atoms with Crippen LogP contribution in [0.25, 0.3) is 9.40 Å². The molecule has 0 fully saturated rings. The Morgan fingerprint density at radius 1 is 0.545 bits per heavy atom. The van der Waals surface area contributed by atoms with Crippen LogP contribution in [0.3, 0.4) is 0 Å². The molecule has 0 atom stereocenters. The molecule has 2 aliphatic heterocycles. The van der Waals surface area contributed by atoms with E-state index in [1.54, 1.807) is 34.0 Å². The first-order chi connectivity index (χ1) is 16.2. The molecule has 164 valence electrons. The largest absolute Gasteiger partial charge is 0.272 e. The van der Waals surface area contributed by atoms with Gasteiger partial charge in [-0.05, 0) is 56.9 Å². The molecule has 0 radical (unpaired) electrons. The van der Waals surface area contributed by atoms with Crippen LogP contribution < -0.4 is 10.0 Å². The summed E-state index contributed by atoms with van der Waals surface area (Å²) in [6, 6.07) is 23.6. The van der Waals surface area contributed by atoms with E-state index in [1.807, 2.05) is 71.4 Å².